The first-order valence-corrected chi connectivity index (χ1v) is 10.9. The number of benzene rings is 2. The number of anilines is 2. The Labute approximate surface area is 186 Å². The third-order valence-corrected chi connectivity index (χ3v) is 5.81. The fourth-order valence-corrected chi connectivity index (χ4v) is 4.29. The lowest BCUT2D eigenvalue weighted by molar-refractivity contribution is -0.118. The van der Waals surface area contributed by atoms with Crippen molar-refractivity contribution in [2.24, 2.45) is 0 Å². The van der Waals surface area contributed by atoms with Crippen LogP contribution in [0.1, 0.15) is 24.3 Å². The highest BCUT2D eigenvalue weighted by Crippen LogP contribution is 2.32. The number of carbonyl (C=O) groups excluding carboxylic acids is 1. The molecule has 2 aromatic carbocycles. The Balaban J connectivity index is 1.25. The molecule has 5 rings (SSSR count). The molecule has 0 aliphatic carbocycles. The molecule has 1 saturated heterocycles. The summed E-state index contributed by atoms with van der Waals surface area (Å²) in [6, 6.07) is 19.5. The molecule has 1 aliphatic heterocycles. The molecular weight excluding hydrogens is 402 g/mol. The van der Waals surface area contributed by atoms with E-state index in [1.54, 1.807) is 6.33 Å². The molecule has 7 heteroatoms. The van der Waals surface area contributed by atoms with Gasteiger partial charge in [0.1, 0.15) is 23.5 Å². The van der Waals surface area contributed by atoms with Crippen LogP contribution >= 0.6 is 0 Å². The Morgan fingerprint density at radius 2 is 2.03 bits per heavy atom. The lowest BCUT2D eigenvalue weighted by atomic mass is 9.90. The van der Waals surface area contributed by atoms with Crippen molar-refractivity contribution >= 4 is 28.4 Å². The van der Waals surface area contributed by atoms with Crippen LogP contribution in [-0.2, 0) is 4.79 Å². The monoisotopic (exact) mass is 427 g/mol. The minimum atomic E-state index is -0.174. The molecule has 0 bridgehead atoms. The maximum absolute atomic E-state index is 12.3. The summed E-state index contributed by atoms with van der Waals surface area (Å²) in [7, 11) is 0. The van der Waals surface area contributed by atoms with Crippen LogP contribution in [0.5, 0.6) is 5.75 Å². The number of ether oxygens (including phenoxy) is 1. The minimum absolute atomic E-state index is 0.0220. The van der Waals surface area contributed by atoms with Crippen LogP contribution in [0.4, 0.5) is 11.5 Å². The van der Waals surface area contributed by atoms with Crippen molar-refractivity contribution in [2.45, 2.75) is 18.8 Å². The van der Waals surface area contributed by atoms with E-state index in [0.717, 1.165) is 48.5 Å². The van der Waals surface area contributed by atoms with E-state index in [2.05, 4.69) is 37.3 Å². The third-order valence-electron chi connectivity index (χ3n) is 5.81. The first-order valence-electron chi connectivity index (χ1n) is 10.9. The second-order valence-electron chi connectivity index (χ2n) is 8.00. The van der Waals surface area contributed by atoms with Gasteiger partial charge in [0.25, 0.3) is 5.91 Å². The van der Waals surface area contributed by atoms with E-state index in [-0.39, 0.29) is 12.5 Å². The first-order chi connectivity index (χ1) is 15.8. The van der Waals surface area contributed by atoms with Gasteiger partial charge in [-0.2, -0.15) is 0 Å². The second-order valence-corrected chi connectivity index (χ2v) is 8.00. The lowest BCUT2D eigenvalue weighted by Crippen LogP contribution is -2.35. The summed E-state index contributed by atoms with van der Waals surface area (Å²) >= 11 is 0. The predicted molar refractivity (Wildman–Crippen MR) is 125 cm³/mol. The largest absolute Gasteiger partial charge is 0.484 e. The number of nitrogens with zero attached hydrogens (tertiary/aromatic N) is 3. The highest BCUT2D eigenvalue weighted by atomic mass is 16.5. The predicted octanol–water partition coefficient (Wildman–Crippen LogP) is 4.36. The van der Waals surface area contributed by atoms with E-state index < -0.39 is 0 Å². The SMILES string of the molecule is O=C(COc1ccccc1)Nc1cccc(C2CCCN(c3ncnc4[nH]ccc34)C2)c1. The van der Waals surface area contributed by atoms with E-state index in [0.29, 0.717) is 11.7 Å². The molecule has 2 aromatic heterocycles. The number of rotatable bonds is 6. The summed E-state index contributed by atoms with van der Waals surface area (Å²) in [6.45, 7) is 1.83. The fraction of sp³-hybridized carbons (Fsp3) is 0.240. The van der Waals surface area contributed by atoms with Crippen molar-refractivity contribution < 1.29 is 9.53 Å². The Kier molecular flexibility index (Phi) is 5.70. The summed E-state index contributed by atoms with van der Waals surface area (Å²) in [5.74, 6) is 1.85. The third kappa shape index (κ3) is 4.42. The molecule has 32 heavy (non-hydrogen) atoms. The van der Waals surface area contributed by atoms with E-state index in [9.17, 15) is 4.79 Å². The standard InChI is InChI=1S/C25H25N5O2/c31-23(16-32-21-9-2-1-3-10-21)29-20-8-4-6-18(14-20)19-7-5-13-30(15-19)25-22-11-12-26-24(22)27-17-28-25/h1-4,6,8-12,14,17,19H,5,7,13,15-16H2,(H,29,31)(H,26,27,28). The van der Waals surface area contributed by atoms with Gasteiger partial charge in [-0.15, -0.1) is 0 Å². The number of piperidine rings is 1. The van der Waals surface area contributed by atoms with Crippen molar-refractivity contribution in [3.05, 3.63) is 78.8 Å². The summed E-state index contributed by atoms with van der Waals surface area (Å²) in [4.78, 5) is 26.7. The highest BCUT2D eigenvalue weighted by molar-refractivity contribution is 5.92. The smallest absolute Gasteiger partial charge is 0.262 e. The zero-order valence-electron chi connectivity index (χ0n) is 17.7. The van der Waals surface area contributed by atoms with Gasteiger partial charge in [-0.1, -0.05) is 30.3 Å². The summed E-state index contributed by atoms with van der Waals surface area (Å²) in [5.41, 5.74) is 2.87. The van der Waals surface area contributed by atoms with Crippen LogP contribution in [0.3, 0.4) is 0 Å². The molecule has 4 aromatic rings. The van der Waals surface area contributed by atoms with E-state index in [4.69, 9.17) is 4.74 Å². The van der Waals surface area contributed by atoms with Gasteiger partial charge in [0.15, 0.2) is 6.61 Å². The van der Waals surface area contributed by atoms with Crippen LogP contribution in [0, 0.1) is 0 Å². The molecule has 1 amide bonds. The fourth-order valence-electron chi connectivity index (χ4n) is 4.29. The summed E-state index contributed by atoms with van der Waals surface area (Å²) < 4.78 is 5.54. The number of hydrogen-bond donors (Lipinski definition) is 2. The van der Waals surface area contributed by atoms with Crippen molar-refractivity contribution in [1.29, 1.82) is 0 Å². The van der Waals surface area contributed by atoms with Gasteiger partial charge >= 0.3 is 0 Å². The van der Waals surface area contributed by atoms with Gasteiger partial charge in [-0.05, 0) is 48.7 Å². The van der Waals surface area contributed by atoms with E-state index in [1.165, 1.54) is 5.56 Å². The quantitative estimate of drug-likeness (QED) is 0.478. The van der Waals surface area contributed by atoms with Crippen LogP contribution < -0.4 is 15.0 Å². The molecule has 0 spiro atoms. The number of aromatic nitrogens is 3. The van der Waals surface area contributed by atoms with Gasteiger partial charge in [0.05, 0.1) is 5.39 Å². The average Bonchev–Trinajstić information content (AvgIpc) is 3.33. The number of nitrogens with one attached hydrogen (secondary N) is 2. The van der Waals surface area contributed by atoms with E-state index >= 15 is 0 Å². The Hall–Kier alpha value is -3.87. The molecular formula is C25H25N5O2. The normalized spacial score (nSPS) is 16.1. The number of amides is 1. The highest BCUT2D eigenvalue weighted by Gasteiger charge is 2.24. The molecule has 1 aliphatic rings. The van der Waals surface area contributed by atoms with Crippen molar-refractivity contribution in [2.75, 3.05) is 29.9 Å². The molecule has 1 unspecified atom stereocenters. The zero-order valence-corrected chi connectivity index (χ0v) is 17.7. The van der Waals surface area contributed by atoms with Crippen LogP contribution in [0.2, 0.25) is 0 Å². The Morgan fingerprint density at radius 3 is 2.94 bits per heavy atom. The summed E-state index contributed by atoms with van der Waals surface area (Å²) in [5, 5.41) is 4.00. The van der Waals surface area contributed by atoms with Gasteiger partial charge in [-0.25, -0.2) is 9.97 Å². The number of fused-ring (bicyclic) bond motifs is 1. The van der Waals surface area contributed by atoms with Gasteiger partial charge in [0, 0.05) is 30.9 Å². The van der Waals surface area contributed by atoms with Gasteiger partial charge in [0.2, 0.25) is 0 Å². The van der Waals surface area contributed by atoms with Crippen LogP contribution in [0.15, 0.2) is 73.2 Å². The molecule has 0 radical (unpaired) electrons. The molecule has 162 valence electrons. The molecule has 1 fully saturated rings. The number of para-hydroxylation sites is 1. The topological polar surface area (TPSA) is 83.1 Å². The number of carbonyl (C=O) groups is 1. The number of H-pyrrole nitrogens is 1. The lowest BCUT2D eigenvalue weighted by Gasteiger charge is -2.34. The van der Waals surface area contributed by atoms with E-state index in [1.807, 2.05) is 54.7 Å². The van der Waals surface area contributed by atoms with Crippen molar-refractivity contribution in [1.82, 2.24) is 15.0 Å². The van der Waals surface area contributed by atoms with Crippen molar-refractivity contribution in [3.63, 3.8) is 0 Å². The average molecular weight is 428 g/mol. The number of hydrogen-bond acceptors (Lipinski definition) is 5. The Bertz CT molecular complexity index is 1210. The molecule has 1 atom stereocenters. The maximum Gasteiger partial charge on any atom is 0.262 e. The molecule has 2 N–H and O–H groups in total. The van der Waals surface area contributed by atoms with Gasteiger partial charge in [-0.3, -0.25) is 4.79 Å². The first kappa shape index (κ1) is 20.1. The second kappa shape index (κ2) is 9.09. The molecule has 7 nitrogen and oxygen atoms in total. The molecule has 0 saturated carbocycles. The number of aromatic amines is 1. The Morgan fingerprint density at radius 1 is 1.12 bits per heavy atom. The maximum atomic E-state index is 12.3. The van der Waals surface area contributed by atoms with Crippen LogP contribution in [-0.4, -0.2) is 40.6 Å². The molecule has 3 heterocycles. The van der Waals surface area contributed by atoms with Crippen LogP contribution in [0.25, 0.3) is 11.0 Å². The minimum Gasteiger partial charge on any atom is -0.484 e. The van der Waals surface area contributed by atoms with Crippen molar-refractivity contribution in [3.8, 4) is 5.75 Å². The summed E-state index contributed by atoms with van der Waals surface area (Å²) in [6.07, 6.45) is 5.71. The van der Waals surface area contributed by atoms with Gasteiger partial charge < -0.3 is 19.9 Å². The zero-order chi connectivity index (χ0) is 21.8.